The van der Waals surface area contributed by atoms with Gasteiger partial charge in [0.1, 0.15) is 0 Å². The monoisotopic (exact) mass is 1630 g/mol. The van der Waals surface area contributed by atoms with Gasteiger partial charge in [-0.3, -0.25) is 0 Å². The van der Waals surface area contributed by atoms with Crippen LogP contribution in [0.4, 0.5) is 0 Å². The first-order valence-corrected chi connectivity index (χ1v) is 42.7. The van der Waals surface area contributed by atoms with Gasteiger partial charge in [0.2, 0.25) is 0 Å². The predicted octanol–water partition coefficient (Wildman–Crippen LogP) is 30.2. The number of rotatable bonds is 12. The lowest BCUT2D eigenvalue weighted by molar-refractivity contribution is 0.00578. The molecule has 0 radical (unpaired) electrons. The van der Waals surface area contributed by atoms with Crippen LogP contribution in [0.25, 0.3) is 188 Å². The fourth-order valence-electron chi connectivity index (χ4n) is 18.0. The van der Waals surface area contributed by atoms with Crippen LogP contribution >= 0.6 is 15.9 Å². The molecular formula is C114H84BBrN4O2. The molecule has 1 saturated heterocycles. The molecule has 0 bridgehead atoms. The fourth-order valence-corrected chi connectivity index (χ4v) is 18.4. The summed E-state index contributed by atoms with van der Waals surface area (Å²) in [5.74, 6) is 0. The zero-order valence-electron chi connectivity index (χ0n) is 68.1. The van der Waals surface area contributed by atoms with E-state index in [4.69, 9.17) is 9.31 Å². The van der Waals surface area contributed by atoms with Crippen molar-refractivity contribution in [2.75, 3.05) is 0 Å². The molecule has 1 aliphatic heterocycles. The molecule has 8 heteroatoms. The van der Waals surface area contributed by atoms with Gasteiger partial charge < -0.3 is 27.6 Å². The van der Waals surface area contributed by atoms with E-state index < -0.39 is 0 Å². The Morgan fingerprint density at radius 2 is 0.418 bits per heavy atom. The standard InChI is InChI=1S/C54H36N2.C30H29BO2.C30H19BrN2/c1-2-13-37(14-3-1)40-15-10-17-42(33-40)43-18-11-16-41(34-43)38-27-29-39(30-28-38)44-19-12-20-45(35-44)56-53-26-9-6-23-49(53)50-32-31-46(36-54(50)56)55-51-24-7-4-21-47(51)48-22-5-8-25-52(48)55;1-29(2)30(3,4)33-31(32-29)28-18-16-23(17-19-28)25-13-9-15-27(21-25)26-14-8-12-24(20-26)22-10-6-5-7-11-22;31-20-8-7-9-21(18-20)33-29-15-6-3-12-25(29)26-17-16-22(19-30(26)33)32-27-13-4-1-10-23(27)24-11-2-5-14-28(24)32/h1-36H;5-21H,1-4H3;1-19H. The highest BCUT2D eigenvalue weighted by atomic mass is 79.9. The van der Waals surface area contributed by atoms with Crippen molar-refractivity contribution >= 4 is 116 Å². The van der Waals surface area contributed by atoms with Crippen molar-refractivity contribution in [3.8, 4) is 101 Å². The molecule has 0 saturated carbocycles. The van der Waals surface area contributed by atoms with Gasteiger partial charge in [0.15, 0.2) is 0 Å². The van der Waals surface area contributed by atoms with E-state index in [0.717, 1.165) is 27.0 Å². The van der Waals surface area contributed by atoms with E-state index in [0.29, 0.717) is 0 Å². The fraction of sp³-hybridized carbons (Fsp3) is 0.0526. The first kappa shape index (κ1) is 75.1. The van der Waals surface area contributed by atoms with Crippen molar-refractivity contribution < 1.29 is 9.31 Å². The molecule has 5 heterocycles. The molecule has 0 aliphatic carbocycles. The van der Waals surface area contributed by atoms with Crippen molar-refractivity contribution in [2.24, 2.45) is 0 Å². The molecule has 0 atom stereocenters. The van der Waals surface area contributed by atoms with Crippen molar-refractivity contribution in [3.05, 3.63) is 441 Å². The van der Waals surface area contributed by atoms with Crippen LogP contribution < -0.4 is 5.46 Å². The molecule has 23 rings (SSSR count). The molecule has 582 valence electrons. The molecule has 18 aromatic carbocycles. The quantitative estimate of drug-likeness (QED) is 0.114. The lowest BCUT2D eigenvalue weighted by Gasteiger charge is -2.32. The summed E-state index contributed by atoms with van der Waals surface area (Å²) >= 11 is 3.66. The lowest BCUT2D eigenvalue weighted by Crippen LogP contribution is -2.41. The van der Waals surface area contributed by atoms with Crippen LogP contribution in [-0.2, 0) is 9.31 Å². The second kappa shape index (κ2) is 31.4. The molecule has 0 unspecified atom stereocenters. The van der Waals surface area contributed by atoms with Gasteiger partial charge >= 0.3 is 7.12 Å². The van der Waals surface area contributed by atoms with Gasteiger partial charge in [0.25, 0.3) is 0 Å². The first-order chi connectivity index (χ1) is 59.9. The maximum absolute atomic E-state index is 6.20. The van der Waals surface area contributed by atoms with Crippen molar-refractivity contribution in [3.63, 3.8) is 0 Å². The molecule has 22 aromatic rings. The first-order valence-electron chi connectivity index (χ1n) is 41.9. The number of halogens is 1. The lowest BCUT2D eigenvalue weighted by atomic mass is 9.78. The molecule has 1 fully saturated rings. The number of hydrogen-bond donors (Lipinski definition) is 0. The number of benzene rings is 18. The second-order valence-corrected chi connectivity index (χ2v) is 33.6. The van der Waals surface area contributed by atoms with Crippen molar-refractivity contribution in [2.45, 2.75) is 38.9 Å². The van der Waals surface area contributed by atoms with E-state index in [1.807, 2.05) is 0 Å². The molecule has 0 N–H and O–H groups in total. The van der Waals surface area contributed by atoms with E-state index in [2.05, 4.69) is 499 Å². The van der Waals surface area contributed by atoms with Crippen LogP contribution in [0.5, 0.6) is 0 Å². The molecule has 0 spiro atoms. The zero-order chi connectivity index (χ0) is 82.0. The molecule has 4 aromatic heterocycles. The summed E-state index contributed by atoms with van der Waals surface area (Å²) in [5, 5.41) is 10.1. The minimum atomic E-state index is -0.337. The van der Waals surface area contributed by atoms with E-state index >= 15 is 0 Å². The molecular weight excluding hydrogens is 1550 g/mol. The minimum absolute atomic E-state index is 0.334. The van der Waals surface area contributed by atoms with Crippen molar-refractivity contribution in [1.29, 1.82) is 0 Å². The van der Waals surface area contributed by atoms with E-state index in [1.165, 1.54) is 171 Å². The van der Waals surface area contributed by atoms with E-state index in [9.17, 15) is 0 Å². The Bertz CT molecular complexity index is 7600. The summed E-state index contributed by atoms with van der Waals surface area (Å²) in [6.45, 7) is 8.33. The average molecular weight is 1630 g/mol. The second-order valence-electron chi connectivity index (χ2n) is 32.7. The summed E-state index contributed by atoms with van der Waals surface area (Å²) in [6, 6.07) is 157. The number of nitrogens with zero attached hydrogens (tertiary/aromatic N) is 4. The normalized spacial score (nSPS) is 13.0. The SMILES string of the molecule is Brc1cccc(-n2c3ccccc3c3ccc(-n4c5ccccc5c5ccccc54)cc32)c1.CC1(C)OB(c2ccc(-c3cccc(-c4cccc(-c5ccccc5)c4)c3)cc2)OC1(C)C.c1ccc(-c2cccc(-c3cccc(-c4ccc(-c5cccc(-n6c7ccccc7c7ccc(-n8c9ccccc9c9ccccc98)cc76)c5)cc4)c3)c2)cc1. The third kappa shape index (κ3) is 13.9. The maximum Gasteiger partial charge on any atom is 0.494 e. The molecule has 6 nitrogen and oxygen atoms in total. The number of fused-ring (bicyclic) bond motifs is 12. The summed E-state index contributed by atoms with van der Waals surface area (Å²) in [5.41, 5.74) is 31.6. The van der Waals surface area contributed by atoms with Crippen LogP contribution in [0.3, 0.4) is 0 Å². The maximum atomic E-state index is 6.20. The Hall–Kier alpha value is -14.4. The molecule has 122 heavy (non-hydrogen) atoms. The highest BCUT2D eigenvalue weighted by Crippen LogP contribution is 2.43. The van der Waals surface area contributed by atoms with Crippen molar-refractivity contribution in [1.82, 2.24) is 18.3 Å². The molecule has 1 aliphatic rings. The van der Waals surface area contributed by atoms with Gasteiger partial charge in [-0.15, -0.1) is 0 Å². The molecule has 0 amide bonds. The van der Waals surface area contributed by atoms with Crippen LogP contribution in [0, 0.1) is 0 Å². The Balaban J connectivity index is 0.000000120. The average Bonchev–Trinajstić information content (AvgIpc) is 1.58. The van der Waals surface area contributed by atoms with Gasteiger partial charge in [-0.2, -0.15) is 0 Å². The van der Waals surface area contributed by atoms with Crippen LogP contribution in [0.15, 0.2) is 441 Å². The Kier molecular flexibility index (Phi) is 19.3. The highest BCUT2D eigenvalue weighted by Gasteiger charge is 2.51. The number of para-hydroxylation sites is 6. The Labute approximate surface area is 718 Å². The predicted molar refractivity (Wildman–Crippen MR) is 518 cm³/mol. The third-order valence-corrected chi connectivity index (χ3v) is 25.3. The summed E-state index contributed by atoms with van der Waals surface area (Å²) < 4.78 is 23.1. The Morgan fingerprint density at radius 3 is 0.746 bits per heavy atom. The smallest absolute Gasteiger partial charge is 0.399 e. The zero-order valence-corrected chi connectivity index (χ0v) is 69.7. The third-order valence-electron chi connectivity index (χ3n) is 24.8. The van der Waals surface area contributed by atoms with Gasteiger partial charge in [-0.1, -0.05) is 337 Å². The summed E-state index contributed by atoms with van der Waals surface area (Å²) in [6.07, 6.45) is 0. The van der Waals surface area contributed by atoms with Gasteiger partial charge in [0, 0.05) is 70.3 Å². The van der Waals surface area contributed by atoms with E-state index in [-0.39, 0.29) is 18.3 Å². The van der Waals surface area contributed by atoms with Gasteiger partial charge in [0.05, 0.1) is 55.3 Å². The summed E-state index contributed by atoms with van der Waals surface area (Å²) in [4.78, 5) is 0. The van der Waals surface area contributed by atoms with E-state index in [1.54, 1.807) is 0 Å². The number of hydrogen-bond acceptors (Lipinski definition) is 2. The van der Waals surface area contributed by atoms with Crippen LogP contribution in [0.2, 0.25) is 0 Å². The Morgan fingerprint density at radius 1 is 0.189 bits per heavy atom. The largest absolute Gasteiger partial charge is 0.494 e. The minimum Gasteiger partial charge on any atom is -0.399 e. The topological polar surface area (TPSA) is 38.2 Å². The van der Waals surface area contributed by atoms with Crippen LogP contribution in [0.1, 0.15) is 27.7 Å². The van der Waals surface area contributed by atoms with Crippen LogP contribution in [-0.4, -0.2) is 36.6 Å². The van der Waals surface area contributed by atoms with Gasteiger partial charge in [-0.05, 0) is 226 Å². The summed E-state index contributed by atoms with van der Waals surface area (Å²) in [7, 11) is -0.337. The highest BCUT2D eigenvalue weighted by molar-refractivity contribution is 9.10. The number of aromatic nitrogens is 4. The van der Waals surface area contributed by atoms with Gasteiger partial charge in [-0.25, -0.2) is 0 Å².